The number of halogens is 1. The van der Waals surface area contributed by atoms with Crippen molar-refractivity contribution in [3.8, 4) is 0 Å². The van der Waals surface area contributed by atoms with E-state index in [0.717, 1.165) is 0 Å². The van der Waals surface area contributed by atoms with Crippen LogP contribution in [0.15, 0.2) is 49.6 Å². The zero-order chi connectivity index (χ0) is 27.7. The standard InChI is InChI=1S/C29H38ClN3O5/c1-5-16-31(4)25(35)22-23-26(36)33(18-10-7-11-19-34)24(29(23)15-14-28(22,3)38-29)27(37)32(17-6-2)21-13-9-8-12-20(21)30/h5-6,8-9,12-13,22-24,34H,1-2,7,10-11,14-19H2,3-4H3/t22-,23-,24?,28+,29?/m0/s1. The van der Waals surface area contributed by atoms with Crippen LogP contribution >= 0.6 is 11.6 Å². The Hall–Kier alpha value is -2.68. The molecule has 2 unspecified atom stereocenters. The minimum atomic E-state index is -1.12. The number of likely N-dealkylation sites (tertiary alicyclic amines) is 1. The summed E-state index contributed by atoms with van der Waals surface area (Å²) in [6, 6.07) is 6.18. The van der Waals surface area contributed by atoms with Gasteiger partial charge in [-0.3, -0.25) is 14.4 Å². The number of hydrogen-bond acceptors (Lipinski definition) is 5. The maximum Gasteiger partial charge on any atom is 0.253 e. The van der Waals surface area contributed by atoms with E-state index < -0.39 is 29.1 Å². The van der Waals surface area contributed by atoms with Crippen LogP contribution in [0.4, 0.5) is 5.69 Å². The Kier molecular flexibility index (Phi) is 8.35. The van der Waals surface area contributed by atoms with Gasteiger partial charge < -0.3 is 24.5 Å². The van der Waals surface area contributed by atoms with E-state index in [1.807, 2.05) is 6.92 Å². The molecule has 4 rings (SSSR count). The highest BCUT2D eigenvalue weighted by Crippen LogP contribution is 2.63. The Morgan fingerprint density at radius 3 is 2.53 bits per heavy atom. The maximum atomic E-state index is 14.5. The number of ether oxygens (including phenoxy) is 1. The Labute approximate surface area is 229 Å². The van der Waals surface area contributed by atoms with Crippen molar-refractivity contribution in [2.24, 2.45) is 11.8 Å². The maximum absolute atomic E-state index is 14.5. The van der Waals surface area contributed by atoms with Gasteiger partial charge in [0, 0.05) is 33.3 Å². The largest absolute Gasteiger partial charge is 0.396 e. The van der Waals surface area contributed by atoms with Crippen LogP contribution in [0.3, 0.4) is 0 Å². The average molecular weight is 544 g/mol. The fourth-order valence-electron chi connectivity index (χ4n) is 6.67. The fraction of sp³-hybridized carbons (Fsp3) is 0.552. The van der Waals surface area contributed by atoms with E-state index in [2.05, 4.69) is 13.2 Å². The van der Waals surface area contributed by atoms with Crippen molar-refractivity contribution < 1.29 is 24.2 Å². The van der Waals surface area contributed by atoms with Gasteiger partial charge in [-0.25, -0.2) is 0 Å². The van der Waals surface area contributed by atoms with Crippen molar-refractivity contribution in [3.63, 3.8) is 0 Å². The first-order valence-electron chi connectivity index (χ1n) is 13.3. The smallest absolute Gasteiger partial charge is 0.253 e. The molecule has 1 aromatic rings. The molecule has 0 saturated carbocycles. The fourth-order valence-corrected chi connectivity index (χ4v) is 6.91. The average Bonchev–Trinajstić information content (AvgIpc) is 3.46. The number of nitrogens with zero attached hydrogens (tertiary/aromatic N) is 3. The third-order valence-electron chi connectivity index (χ3n) is 8.33. The monoisotopic (exact) mass is 543 g/mol. The number of anilines is 1. The van der Waals surface area contributed by atoms with Crippen molar-refractivity contribution in [1.29, 1.82) is 0 Å². The lowest BCUT2D eigenvalue weighted by atomic mass is 9.66. The summed E-state index contributed by atoms with van der Waals surface area (Å²) >= 11 is 6.51. The van der Waals surface area contributed by atoms with Crippen LogP contribution in [0.25, 0.3) is 0 Å². The second kappa shape index (κ2) is 11.2. The van der Waals surface area contributed by atoms with Gasteiger partial charge >= 0.3 is 0 Å². The van der Waals surface area contributed by atoms with Crippen LogP contribution in [-0.4, -0.2) is 83.2 Å². The number of benzene rings is 1. The number of carbonyl (C=O) groups is 3. The summed E-state index contributed by atoms with van der Waals surface area (Å²) in [5, 5.41) is 9.65. The summed E-state index contributed by atoms with van der Waals surface area (Å²) < 4.78 is 6.71. The molecule has 0 radical (unpaired) electrons. The van der Waals surface area contributed by atoms with Gasteiger partial charge in [0.05, 0.1) is 28.1 Å². The SMILES string of the molecule is C=CCN(C)C(=O)[C@@H]1[C@H]2C(=O)N(CCCCCO)C(C(=O)N(CC=C)c3ccccc3Cl)C23CC[C@@]1(C)O3. The Balaban J connectivity index is 1.78. The van der Waals surface area contributed by atoms with Gasteiger partial charge in [0.15, 0.2) is 0 Å². The van der Waals surface area contributed by atoms with Gasteiger partial charge in [0.25, 0.3) is 5.91 Å². The zero-order valence-electron chi connectivity index (χ0n) is 22.3. The number of amides is 3. The summed E-state index contributed by atoms with van der Waals surface area (Å²) in [6.45, 7) is 10.4. The molecule has 3 fully saturated rings. The van der Waals surface area contributed by atoms with Crippen LogP contribution in [-0.2, 0) is 19.1 Å². The van der Waals surface area contributed by atoms with Crippen molar-refractivity contribution >= 4 is 35.0 Å². The third kappa shape index (κ3) is 4.56. The van der Waals surface area contributed by atoms with E-state index in [1.165, 1.54) is 0 Å². The molecule has 0 aromatic heterocycles. The number of hydrogen-bond donors (Lipinski definition) is 1. The van der Waals surface area contributed by atoms with Crippen LogP contribution in [0.2, 0.25) is 5.02 Å². The molecule has 0 aliphatic carbocycles. The van der Waals surface area contributed by atoms with Crippen LogP contribution in [0.1, 0.15) is 39.0 Å². The number of aliphatic hydroxyl groups is 1. The van der Waals surface area contributed by atoms with E-state index in [0.29, 0.717) is 55.9 Å². The lowest BCUT2D eigenvalue weighted by molar-refractivity contribution is -0.149. The molecule has 3 heterocycles. The molecule has 1 N–H and O–H groups in total. The Bertz CT molecular complexity index is 1110. The van der Waals surface area contributed by atoms with E-state index in [-0.39, 0.29) is 30.9 Å². The summed E-state index contributed by atoms with van der Waals surface area (Å²) in [5.41, 5.74) is -1.43. The molecular weight excluding hydrogens is 506 g/mol. The van der Waals surface area contributed by atoms with Crippen molar-refractivity contribution in [2.45, 2.75) is 56.3 Å². The predicted octanol–water partition coefficient (Wildman–Crippen LogP) is 3.43. The summed E-state index contributed by atoms with van der Waals surface area (Å²) in [5.74, 6) is -2.15. The molecule has 9 heteroatoms. The van der Waals surface area contributed by atoms with E-state index in [4.69, 9.17) is 16.3 Å². The molecule has 3 amide bonds. The quantitative estimate of drug-likeness (QED) is 0.322. The van der Waals surface area contributed by atoms with Crippen molar-refractivity contribution in [1.82, 2.24) is 9.80 Å². The lowest BCUT2D eigenvalue weighted by Gasteiger charge is -2.37. The molecule has 2 bridgehead atoms. The first-order chi connectivity index (χ1) is 18.2. The molecule has 206 valence electrons. The topological polar surface area (TPSA) is 90.4 Å². The minimum Gasteiger partial charge on any atom is -0.396 e. The van der Waals surface area contributed by atoms with Gasteiger partial charge in [-0.15, -0.1) is 13.2 Å². The summed E-state index contributed by atoms with van der Waals surface area (Å²) in [7, 11) is 1.70. The second-order valence-electron chi connectivity index (χ2n) is 10.7. The molecule has 3 aliphatic heterocycles. The number of fused-ring (bicyclic) bond motifs is 1. The van der Waals surface area contributed by atoms with E-state index >= 15 is 0 Å². The van der Waals surface area contributed by atoms with Crippen LogP contribution in [0.5, 0.6) is 0 Å². The minimum absolute atomic E-state index is 0.0656. The highest BCUT2D eigenvalue weighted by atomic mass is 35.5. The normalized spacial score (nSPS) is 29.3. The number of para-hydroxylation sites is 1. The molecular formula is C29H38ClN3O5. The van der Waals surface area contributed by atoms with Gasteiger partial charge in [-0.05, 0) is 51.2 Å². The Morgan fingerprint density at radius 2 is 1.87 bits per heavy atom. The van der Waals surface area contributed by atoms with Crippen LogP contribution in [0, 0.1) is 11.8 Å². The summed E-state index contributed by atoms with van der Waals surface area (Å²) in [6.07, 6.45) is 6.30. The van der Waals surface area contributed by atoms with Gasteiger partial charge in [-0.1, -0.05) is 35.9 Å². The highest BCUT2D eigenvalue weighted by molar-refractivity contribution is 6.34. The van der Waals surface area contributed by atoms with Gasteiger partial charge in [0.2, 0.25) is 11.8 Å². The molecule has 3 aliphatic rings. The first kappa shape index (κ1) is 28.3. The van der Waals surface area contributed by atoms with E-state index in [9.17, 15) is 19.5 Å². The summed E-state index contributed by atoms with van der Waals surface area (Å²) in [4.78, 5) is 47.1. The highest BCUT2D eigenvalue weighted by Gasteiger charge is 2.78. The molecule has 1 aromatic carbocycles. The first-order valence-corrected chi connectivity index (χ1v) is 13.7. The number of carbonyl (C=O) groups excluding carboxylic acids is 3. The molecule has 38 heavy (non-hydrogen) atoms. The number of likely N-dealkylation sites (N-methyl/N-ethyl adjacent to an activating group) is 1. The number of unbranched alkanes of at least 4 members (excludes halogenated alkanes) is 2. The molecule has 3 saturated heterocycles. The second-order valence-corrected chi connectivity index (χ2v) is 11.1. The van der Waals surface area contributed by atoms with Crippen molar-refractivity contribution in [3.05, 3.63) is 54.6 Å². The Morgan fingerprint density at radius 1 is 1.16 bits per heavy atom. The molecule has 8 nitrogen and oxygen atoms in total. The van der Waals surface area contributed by atoms with Gasteiger partial charge in [0.1, 0.15) is 11.6 Å². The number of aliphatic hydroxyl groups excluding tert-OH is 1. The van der Waals surface area contributed by atoms with Crippen LogP contribution < -0.4 is 4.90 Å². The third-order valence-corrected chi connectivity index (χ3v) is 8.65. The molecule has 1 spiro atoms. The predicted molar refractivity (Wildman–Crippen MR) is 147 cm³/mol. The van der Waals surface area contributed by atoms with Gasteiger partial charge in [-0.2, -0.15) is 0 Å². The lowest BCUT2D eigenvalue weighted by Crippen LogP contribution is -2.56. The number of rotatable bonds is 12. The van der Waals surface area contributed by atoms with Crippen molar-refractivity contribution in [2.75, 3.05) is 38.2 Å². The van der Waals surface area contributed by atoms with E-state index in [1.54, 1.807) is 58.2 Å². The zero-order valence-corrected chi connectivity index (χ0v) is 23.0. The molecule has 5 atom stereocenters.